The summed E-state index contributed by atoms with van der Waals surface area (Å²) in [6.45, 7) is 12.6. The molecule has 0 fully saturated rings. The summed E-state index contributed by atoms with van der Waals surface area (Å²) >= 11 is 10.1. The first-order valence-corrected chi connectivity index (χ1v) is 45.7. The normalized spacial score (nSPS) is 14.4. The Bertz CT molecular complexity index is 3600. The first-order valence-electron chi connectivity index (χ1n) is 33.1. The van der Waals surface area contributed by atoms with E-state index in [-0.39, 0.29) is 31.8 Å². The zero-order valence-electron chi connectivity index (χ0n) is 60.7. The van der Waals surface area contributed by atoms with Crippen LogP contribution in [0.15, 0.2) is 238 Å². The second-order valence-corrected chi connectivity index (χ2v) is 41.0. The molecule has 29 heteroatoms. The molecule has 0 spiro atoms. The summed E-state index contributed by atoms with van der Waals surface area (Å²) in [6.07, 6.45) is -0.993. The minimum Gasteiger partial charge on any atom is -0.462 e. The Hall–Kier alpha value is -6.71. The van der Waals surface area contributed by atoms with Crippen LogP contribution in [0.2, 0.25) is 5.02 Å². The van der Waals surface area contributed by atoms with Gasteiger partial charge in [0.1, 0.15) is 47.2 Å². The van der Waals surface area contributed by atoms with Gasteiger partial charge in [0.2, 0.25) is 0 Å². The molecule has 4 N–H and O–H groups in total. The van der Waals surface area contributed by atoms with E-state index in [4.69, 9.17) is 48.6 Å². The SMILES string of the molecule is C.CC(C)OC(=O)[C@H](C)N[P@@](=O)(Oc1ccccc1)Sc1ccc(Cl)cc1.Cc1ccc(S[P@@](=O)(N[C@H](C)C(=O)OC(C)C)Oc2ccccc2)cc1.Cc1ccc(S[P@](=O)(N[C@@H](C)C(=O)OC(C)C)Oc2ccccc2)cc1.Cc1ccc(S[P@](=O)(N[C@H](C)C(=O)OC(C)C)Oc2ccccc2)cc1. The number of ether oxygens (including phenoxy) is 4. The predicted octanol–water partition coefficient (Wildman–Crippen LogP) is 21.8. The van der Waals surface area contributed by atoms with Crippen LogP contribution in [0.25, 0.3) is 0 Å². The predicted molar refractivity (Wildman–Crippen MR) is 429 cm³/mol. The number of halogens is 1. The molecule has 0 amide bonds. The van der Waals surface area contributed by atoms with Gasteiger partial charge in [-0.25, -0.2) is 38.6 Å². The van der Waals surface area contributed by atoms with E-state index in [1.807, 2.05) is 118 Å². The lowest BCUT2D eigenvalue weighted by atomic mass is 10.2. The Morgan fingerprint density at radius 2 is 0.467 bits per heavy atom. The van der Waals surface area contributed by atoms with Crippen molar-refractivity contribution >= 4 is 108 Å². The van der Waals surface area contributed by atoms with Gasteiger partial charge >= 0.3 is 50.8 Å². The Labute approximate surface area is 640 Å². The number of benzene rings is 8. The van der Waals surface area contributed by atoms with Gasteiger partial charge in [0.05, 0.1) is 24.4 Å². The van der Waals surface area contributed by atoms with Crippen LogP contribution in [0.4, 0.5) is 0 Å². The van der Waals surface area contributed by atoms with Gasteiger partial charge in [-0.3, -0.25) is 19.2 Å². The van der Waals surface area contributed by atoms with E-state index in [0.717, 1.165) is 76.9 Å². The molecular formula is C76H97ClN4O16P4S4. The highest BCUT2D eigenvalue weighted by atomic mass is 35.5. The van der Waals surface area contributed by atoms with Crippen molar-refractivity contribution in [1.82, 2.24) is 20.3 Å². The second-order valence-electron chi connectivity index (χ2n) is 24.2. The van der Waals surface area contributed by atoms with Crippen LogP contribution in [-0.2, 0) is 56.4 Å². The molecule has 0 saturated heterocycles. The molecule has 105 heavy (non-hydrogen) atoms. The van der Waals surface area contributed by atoms with E-state index in [0.29, 0.717) is 32.9 Å². The highest BCUT2D eigenvalue weighted by Gasteiger charge is 2.36. The number of para-hydroxylation sites is 4. The molecule has 0 aliphatic rings. The smallest absolute Gasteiger partial charge is 0.379 e. The number of nitrogens with one attached hydrogen (secondary N) is 4. The van der Waals surface area contributed by atoms with Crippen molar-refractivity contribution in [3.8, 4) is 23.0 Å². The highest BCUT2D eigenvalue weighted by Crippen LogP contribution is 2.62. The molecule has 20 nitrogen and oxygen atoms in total. The van der Waals surface area contributed by atoms with Gasteiger partial charge in [-0.2, -0.15) is 0 Å². The van der Waals surface area contributed by atoms with Crippen LogP contribution in [0.1, 0.15) is 107 Å². The number of carbonyl (C=O) groups is 4. The lowest BCUT2D eigenvalue weighted by molar-refractivity contribution is -0.149. The van der Waals surface area contributed by atoms with Crippen molar-refractivity contribution in [2.24, 2.45) is 0 Å². The van der Waals surface area contributed by atoms with Gasteiger partial charge in [-0.15, -0.1) is 0 Å². The molecule has 8 atom stereocenters. The van der Waals surface area contributed by atoms with Crippen molar-refractivity contribution < 1.29 is 74.5 Å². The van der Waals surface area contributed by atoms with Gasteiger partial charge in [-0.1, -0.05) is 145 Å². The van der Waals surface area contributed by atoms with Crippen molar-refractivity contribution in [1.29, 1.82) is 0 Å². The highest BCUT2D eigenvalue weighted by molar-refractivity contribution is 8.57. The molecule has 0 aliphatic carbocycles. The van der Waals surface area contributed by atoms with Crippen molar-refractivity contribution in [3.05, 3.63) is 240 Å². The third-order valence-electron chi connectivity index (χ3n) is 12.9. The van der Waals surface area contributed by atoms with E-state index in [9.17, 15) is 37.4 Å². The van der Waals surface area contributed by atoms with Gasteiger partial charge in [0, 0.05) is 24.6 Å². The van der Waals surface area contributed by atoms with Gasteiger partial charge in [0.25, 0.3) is 0 Å². The average Bonchev–Trinajstić information content (AvgIpc) is 0.850. The maximum Gasteiger partial charge on any atom is 0.379 e. The van der Waals surface area contributed by atoms with Gasteiger partial charge in [0.15, 0.2) is 0 Å². The van der Waals surface area contributed by atoms with Gasteiger partial charge in [-0.05, 0) is 259 Å². The molecule has 0 radical (unpaired) electrons. The largest absolute Gasteiger partial charge is 0.462 e. The zero-order valence-corrected chi connectivity index (χ0v) is 68.3. The second kappa shape index (κ2) is 45.2. The number of hydrogen-bond acceptors (Lipinski definition) is 20. The molecule has 0 heterocycles. The van der Waals surface area contributed by atoms with Crippen molar-refractivity contribution in [3.63, 3.8) is 0 Å². The fourth-order valence-electron chi connectivity index (χ4n) is 8.11. The molecule has 0 bridgehead atoms. The summed E-state index contributed by atoms with van der Waals surface area (Å²) in [6, 6.07) is 62.1. The molecule has 568 valence electrons. The molecule has 0 unspecified atom stereocenters. The Balaban J connectivity index is 0.000000295. The summed E-state index contributed by atoms with van der Waals surface area (Å²) in [5.74, 6) is -0.0703. The van der Waals surface area contributed by atoms with E-state index < -0.39 is 74.9 Å². The molecule has 8 aromatic rings. The Morgan fingerprint density at radius 3 is 0.638 bits per heavy atom. The molecule has 8 rings (SSSR count). The molecular weight excluding hydrogens is 1510 g/mol. The van der Waals surface area contributed by atoms with E-state index >= 15 is 0 Å². The lowest BCUT2D eigenvalue weighted by Crippen LogP contribution is -2.35. The third-order valence-corrected chi connectivity index (χ3v) is 28.2. The summed E-state index contributed by atoms with van der Waals surface area (Å²) in [7, 11) is 0. The molecule has 0 aliphatic heterocycles. The summed E-state index contributed by atoms with van der Waals surface area (Å²) in [4.78, 5) is 51.5. The van der Waals surface area contributed by atoms with E-state index in [1.165, 1.54) is 0 Å². The van der Waals surface area contributed by atoms with Crippen LogP contribution in [0.3, 0.4) is 0 Å². The summed E-state index contributed by atoms with van der Waals surface area (Å²) in [5.41, 5.74) is 3.32. The minimum atomic E-state index is -3.51. The Kier molecular flexibility index (Phi) is 39.0. The van der Waals surface area contributed by atoms with E-state index in [2.05, 4.69) is 20.3 Å². The summed E-state index contributed by atoms with van der Waals surface area (Å²) in [5, 5.41) is 11.9. The maximum atomic E-state index is 13.5. The first-order chi connectivity index (χ1) is 49.1. The molecule has 0 aromatic heterocycles. The molecule has 8 aromatic carbocycles. The lowest BCUT2D eigenvalue weighted by Gasteiger charge is -2.23. The monoisotopic (exact) mass is 1610 g/mol. The average molecular weight is 1610 g/mol. The van der Waals surface area contributed by atoms with Crippen molar-refractivity contribution in [2.45, 2.75) is 179 Å². The fraction of sp³-hybridized carbons (Fsp3) is 0.316. The number of hydrogen-bond donors (Lipinski definition) is 4. The fourth-order valence-corrected chi connectivity index (χ4v) is 23.7. The van der Waals surface area contributed by atoms with Crippen LogP contribution in [0.5, 0.6) is 23.0 Å². The number of carbonyl (C=O) groups excluding carboxylic acids is 4. The topological polar surface area (TPSA) is 259 Å². The first kappa shape index (κ1) is 90.7. The summed E-state index contributed by atoms with van der Waals surface area (Å²) < 4.78 is 97.5. The van der Waals surface area contributed by atoms with Crippen LogP contribution < -0.4 is 38.4 Å². The molecule has 0 saturated carbocycles. The van der Waals surface area contributed by atoms with Crippen LogP contribution in [-0.4, -0.2) is 72.5 Å². The maximum absolute atomic E-state index is 13.5. The van der Waals surface area contributed by atoms with E-state index in [1.54, 1.807) is 204 Å². The van der Waals surface area contributed by atoms with Gasteiger partial charge < -0.3 is 37.0 Å². The minimum absolute atomic E-state index is 0. The number of esters is 4. The Morgan fingerprint density at radius 1 is 0.295 bits per heavy atom. The standard InChI is InChI=1S/3C19H24NO4PS.C18H21ClNO4PS.CH4/c3*1-14(2)23-19(21)16(4)20-25(22,24-17-8-6-5-7-9-17)26-18-12-10-15(3)11-13-18;1-13(2)23-18(21)14(3)20-25(22,24-16-7-5-4-6-8-16)26-17-11-9-15(19)10-12-17;/h3*5-14,16H,1-4H3,(H,20,22);4-14H,1-3H3,(H,20,22);1H4/t16-,25+;2*16-,25-;14-,25+;/m1100./s1. The number of aryl methyl sites for hydroxylation is 3. The number of rotatable bonds is 32. The quantitative estimate of drug-likeness (QED) is 0.0173. The zero-order chi connectivity index (χ0) is 76.6. The third kappa shape index (κ3) is 35.7. The van der Waals surface area contributed by atoms with Crippen molar-refractivity contribution in [2.75, 3.05) is 0 Å². The van der Waals surface area contributed by atoms with Crippen LogP contribution >= 0.6 is 84.0 Å². The van der Waals surface area contributed by atoms with Crippen LogP contribution in [0, 0.1) is 20.8 Å².